The SMILES string of the molecule is CCc1cccc(CC)c1/C=C1/CCN(C2CCCC2)C/C1=C(/C)c1ccc2[nH]ccc2c1. The molecule has 5 rings (SSSR count). The molecule has 0 unspecified atom stereocenters. The van der Waals surface area contributed by atoms with Crippen LogP contribution in [0.5, 0.6) is 0 Å². The first-order valence-electron chi connectivity index (χ1n) is 13.0. The molecule has 1 N–H and O–H groups in total. The van der Waals surface area contributed by atoms with Crippen molar-refractivity contribution in [3.8, 4) is 0 Å². The van der Waals surface area contributed by atoms with Gasteiger partial charge in [0.05, 0.1) is 0 Å². The van der Waals surface area contributed by atoms with E-state index in [2.05, 4.69) is 79.2 Å². The third kappa shape index (κ3) is 4.46. The second kappa shape index (κ2) is 9.73. The number of rotatable bonds is 5. The average molecular weight is 439 g/mol. The van der Waals surface area contributed by atoms with E-state index in [9.17, 15) is 0 Å². The molecule has 0 atom stereocenters. The van der Waals surface area contributed by atoms with Crippen LogP contribution in [0, 0.1) is 0 Å². The highest BCUT2D eigenvalue weighted by Gasteiger charge is 2.28. The van der Waals surface area contributed by atoms with E-state index in [-0.39, 0.29) is 0 Å². The summed E-state index contributed by atoms with van der Waals surface area (Å²) in [6, 6.07) is 16.7. The summed E-state index contributed by atoms with van der Waals surface area (Å²) >= 11 is 0. The maximum Gasteiger partial charge on any atom is 0.0454 e. The fourth-order valence-electron chi connectivity index (χ4n) is 6.00. The zero-order valence-electron chi connectivity index (χ0n) is 20.6. The molecule has 2 heteroatoms. The van der Waals surface area contributed by atoms with Crippen LogP contribution in [-0.4, -0.2) is 29.0 Å². The van der Waals surface area contributed by atoms with Crippen molar-refractivity contribution in [3.05, 3.63) is 82.1 Å². The molecule has 2 heterocycles. The van der Waals surface area contributed by atoms with E-state index >= 15 is 0 Å². The van der Waals surface area contributed by atoms with Gasteiger partial charge in [0, 0.05) is 30.8 Å². The monoisotopic (exact) mass is 438 g/mol. The van der Waals surface area contributed by atoms with Crippen LogP contribution < -0.4 is 0 Å². The summed E-state index contributed by atoms with van der Waals surface area (Å²) in [6.07, 6.45) is 13.5. The molecule has 2 aromatic carbocycles. The molecule has 1 aliphatic carbocycles. The van der Waals surface area contributed by atoms with E-state index in [1.807, 2.05) is 6.20 Å². The number of aryl methyl sites for hydroxylation is 2. The molecule has 172 valence electrons. The molecule has 0 spiro atoms. The van der Waals surface area contributed by atoms with E-state index < -0.39 is 0 Å². The van der Waals surface area contributed by atoms with Crippen molar-refractivity contribution in [2.75, 3.05) is 13.1 Å². The predicted octanol–water partition coefficient (Wildman–Crippen LogP) is 7.80. The molecule has 0 bridgehead atoms. The number of piperidine rings is 1. The van der Waals surface area contributed by atoms with Crippen molar-refractivity contribution < 1.29 is 0 Å². The first-order chi connectivity index (χ1) is 16.2. The number of aromatic amines is 1. The zero-order chi connectivity index (χ0) is 22.8. The molecule has 2 fully saturated rings. The van der Waals surface area contributed by atoms with Crippen LogP contribution in [0.2, 0.25) is 0 Å². The van der Waals surface area contributed by atoms with Crippen molar-refractivity contribution in [3.63, 3.8) is 0 Å². The number of fused-ring (bicyclic) bond motifs is 1. The first kappa shape index (κ1) is 22.2. The van der Waals surface area contributed by atoms with Crippen molar-refractivity contribution in [1.29, 1.82) is 0 Å². The minimum Gasteiger partial charge on any atom is -0.361 e. The Labute approximate surface area is 199 Å². The molecule has 2 aliphatic rings. The summed E-state index contributed by atoms with van der Waals surface area (Å²) in [5.41, 5.74) is 11.5. The number of hydrogen-bond acceptors (Lipinski definition) is 1. The van der Waals surface area contributed by atoms with Crippen LogP contribution in [0.1, 0.15) is 75.1 Å². The van der Waals surface area contributed by atoms with E-state index in [1.54, 1.807) is 11.1 Å². The zero-order valence-corrected chi connectivity index (χ0v) is 20.6. The Hall–Kier alpha value is -2.58. The fraction of sp³-hybridized carbons (Fsp3) is 0.419. The Morgan fingerprint density at radius 3 is 2.52 bits per heavy atom. The van der Waals surface area contributed by atoms with Gasteiger partial charge in [-0.1, -0.05) is 57.0 Å². The molecule has 2 nitrogen and oxygen atoms in total. The normalized spacial score (nSPS) is 20.8. The standard InChI is InChI=1S/C31H38N2/c1-4-23-9-8-10-24(5-2)29(23)20-26-16-18-33(28-11-6-7-12-28)21-30(26)22(3)25-13-14-31-27(19-25)15-17-32-31/h8-10,13-15,17,19-20,28,32H,4-7,11-12,16,18,21H2,1-3H3/b26-20-,30-22+. The molecule has 1 saturated heterocycles. The number of benzene rings is 2. The number of likely N-dealkylation sites (tertiary alicyclic amines) is 1. The maximum atomic E-state index is 3.34. The molecule has 1 aromatic heterocycles. The van der Waals surface area contributed by atoms with E-state index in [0.29, 0.717) is 0 Å². The minimum atomic E-state index is 0.774. The Bertz CT molecular complexity index is 1160. The van der Waals surface area contributed by atoms with Crippen LogP contribution in [0.4, 0.5) is 0 Å². The number of H-pyrrole nitrogens is 1. The Kier molecular flexibility index (Phi) is 6.55. The second-order valence-corrected chi connectivity index (χ2v) is 9.91. The lowest BCUT2D eigenvalue weighted by Gasteiger charge is -2.36. The van der Waals surface area contributed by atoms with Crippen LogP contribution in [-0.2, 0) is 12.8 Å². The minimum absolute atomic E-state index is 0.774. The lowest BCUT2D eigenvalue weighted by Crippen LogP contribution is -2.39. The van der Waals surface area contributed by atoms with Gasteiger partial charge < -0.3 is 4.98 Å². The number of allylic oxidation sites excluding steroid dienone is 1. The van der Waals surface area contributed by atoms with Gasteiger partial charge >= 0.3 is 0 Å². The van der Waals surface area contributed by atoms with Gasteiger partial charge in [-0.3, -0.25) is 4.90 Å². The van der Waals surface area contributed by atoms with Gasteiger partial charge in [-0.15, -0.1) is 0 Å². The lowest BCUT2D eigenvalue weighted by atomic mass is 9.86. The van der Waals surface area contributed by atoms with E-state index in [1.165, 1.54) is 71.0 Å². The summed E-state index contributed by atoms with van der Waals surface area (Å²) < 4.78 is 0. The third-order valence-electron chi connectivity index (χ3n) is 8.06. The Balaban J connectivity index is 1.60. The van der Waals surface area contributed by atoms with Gasteiger partial charge in [0.2, 0.25) is 0 Å². The van der Waals surface area contributed by atoms with Crippen molar-refractivity contribution in [2.45, 2.75) is 71.8 Å². The van der Waals surface area contributed by atoms with Gasteiger partial charge in [-0.05, 0) is 102 Å². The molecule has 0 radical (unpaired) electrons. The molecule has 1 saturated carbocycles. The molecule has 1 aliphatic heterocycles. The van der Waals surface area contributed by atoms with Gasteiger partial charge in [-0.2, -0.15) is 0 Å². The van der Waals surface area contributed by atoms with Crippen LogP contribution in [0.15, 0.2) is 59.8 Å². The second-order valence-electron chi connectivity index (χ2n) is 9.91. The maximum absolute atomic E-state index is 3.34. The van der Waals surface area contributed by atoms with Crippen molar-refractivity contribution >= 4 is 22.6 Å². The summed E-state index contributed by atoms with van der Waals surface area (Å²) in [5.74, 6) is 0. The van der Waals surface area contributed by atoms with Gasteiger partial charge in [0.25, 0.3) is 0 Å². The van der Waals surface area contributed by atoms with E-state index in [0.717, 1.165) is 31.8 Å². The molecule has 3 aromatic rings. The van der Waals surface area contributed by atoms with Crippen LogP contribution >= 0.6 is 0 Å². The number of nitrogens with zero attached hydrogens (tertiary/aromatic N) is 1. The smallest absolute Gasteiger partial charge is 0.0454 e. The van der Waals surface area contributed by atoms with Crippen LogP contribution in [0.3, 0.4) is 0 Å². The highest BCUT2D eigenvalue weighted by Crippen LogP contribution is 2.36. The van der Waals surface area contributed by atoms with Gasteiger partial charge in [0.15, 0.2) is 0 Å². The third-order valence-corrected chi connectivity index (χ3v) is 8.06. The Morgan fingerprint density at radius 2 is 1.79 bits per heavy atom. The predicted molar refractivity (Wildman–Crippen MR) is 143 cm³/mol. The topological polar surface area (TPSA) is 19.0 Å². The number of hydrogen-bond donors (Lipinski definition) is 1. The summed E-state index contributed by atoms with van der Waals surface area (Å²) in [5, 5.41) is 1.30. The van der Waals surface area contributed by atoms with E-state index in [4.69, 9.17) is 0 Å². The fourth-order valence-corrected chi connectivity index (χ4v) is 6.00. The average Bonchev–Trinajstić information content (AvgIpc) is 3.56. The number of aromatic nitrogens is 1. The summed E-state index contributed by atoms with van der Waals surface area (Å²) in [6.45, 7) is 9.20. The Morgan fingerprint density at radius 1 is 1.03 bits per heavy atom. The lowest BCUT2D eigenvalue weighted by molar-refractivity contribution is 0.208. The highest BCUT2D eigenvalue weighted by atomic mass is 15.2. The molecule has 33 heavy (non-hydrogen) atoms. The quantitative estimate of drug-likeness (QED) is 0.430. The number of nitrogens with one attached hydrogen (secondary N) is 1. The van der Waals surface area contributed by atoms with Crippen molar-refractivity contribution in [2.24, 2.45) is 0 Å². The largest absolute Gasteiger partial charge is 0.361 e. The molecular formula is C31H38N2. The summed E-state index contributed by atoms with van der Waals surface area (Å²) in [4.78, 5) is 6.12. The highest BCUT2D eigenvalue weighted by molar-refractivity contribution is 5.85. The van der Waals surface area contributed by atoms with Gasteiger partial charge in [-0.25, -0.2) is 0 Å². The van der Waals surface area contributed by atoms with Gasteiger partial charge in [0.1, 0.15) is 0 Å². The summed E-state index contributed by atoms with van der Waals surface area (Å²) in [7, 11) is 0. The van der Waals surface area contributed by atoms with Crippen LogP contribution in [0.25, 0.3) is 22.6 Å². The molecular weight excluding hydrogens is 400 g/mol. The first-order valence-corrected chi connectivity index (χ1v) is 13.0. The van der Waals surface area contributed by atoms with Crippen molar-refractivity contribution in [1.82, 2.24) is 9.88 Å². The molecule has 0 amide bonds.